The summed E-state index contributed by atoms with van der Waals surface area (Å²) >= 11 is 0. The number of amides is 2. The van der Waals surface area contributed by atoms with E-state index in [-0.39, 0.29) is 24.8 Å². The van der Waals surface area contributed by atoms with Crippen molar-refractivity contribution in [2.75, 3.05) is 12.7 Å². The van der Waals surface area contributed by atoms with Crippen molar-refractivity contribution in [1.29, 1.82) is 0 Å². The first kappa shape index (κ1) is 28.5. The van der Waals surface area contributed by atoms with Gasteiger partial charge in [0.15, 0.2) is 5.96 Å². The molecule has 4 atom stereocenters. The molecule has 178 valence electrons. The van der Waals surface area contributed by atoms with Gasteiger partial charge in [0.2, 0.25) is 11.8 Å². The van der Waals surface area contributed by atoms with Gasteiger partial charge in [-0.2, -0.15) is 0 Å². The van der Waals surface area contributed by atoms with Crippen LogP contribution in [0.5, 0.6) is 0 Å². The molecule has 31 heavy (non-hydrogen) atoms. The summed E-state index contributed by atoms with van der Waals surface area (Å²) in [6, 6.07) is -3.54. The topological polar surface area (TPSA) is 243 Å². The number of carboxylic acids is 1. The fourth-order valence-electron chi connectivity index (χ4n) is 2.33. The molecule has 0 saturated heterocycles. The highest BCUT2D eigenvalue weighted by molar-refractivity contribution is 7.51. The fourth-order valence-corrected chi connectivity index (χ4v) is 2.73. The number of allylic oxidation sites excluding steroid dienone is 1. The van der Waals surface area contributed by atoms with Gasteiger partial charge in [0, 0.05) is 6.54 Å². The van der Waals surface area contributed by atoms with Gasteiger partial charge in [-0.15, -0.1) is 0 Å². The first-order chi connectivity index (χ1) is 14.3. The third-order valence-electron chi connectivity index (χ3n) is 4.37. The summed E-state index contributed by atoms with van der Waals surface area (Å²) in [6.45, 7) is 3.83. The molecule has 0 aromatic carbocycles. The van der Waals surface area contributed by atoms with Crippen LogP contribution in [0.3, 0.4) is 0 Å². The van der Waals surface area contributed by atoms with Gasteiger partial charge in [-0.05, 0) is 18.8 Å². The van der Waals surface area contributed by atoms with Crippen molar-refractivity contribution in [3.05, 3.63) is 12.2 Å². The maximum Gasteiger partial charge on any atom is 0.330 e. The van der Waals surface area contributed by atoms with Crippen LogP contribution >= 0.6 is 7.60 Å². The van der Waals surface area contributed by atoms with Crippen LogP contribution in [-0.4, -0.2) is 69.5 Å². The van der Waals surface area contributed by atoms with Crippen molar-refractivity contribution in [3.63, 3.8) is 0 Å². The largest absolute Gasteiger partial charge is 0.479 e. The molecule has 0 aliphatic carbocycles. The van der Waals surface area contributed by atoms with Gasteiger partial charge in [-0.1, -0.05) is 32.4 Å². The van der Waals surface area contributed by atoms with Gasteiger partial charge in [0.05, 0.1) is 12.2 Å². The molecule has 0 aliphatic rings. The van der Waals surface area contributed by atoms with Crippen LogP contribution in [-0.2, 0) is 18.9 Å². The zero-order valence-corrected chi connectivity index (χ0v) is 18.5. The lowest BCUT2D eigenvalue weighted by molar-refractivity contribution is -0.140. The maximum atomic E-state index is 12.6. The van der Waals surface area contributed by atoms with E-state index in [9.17, 15) is 24.1 Å². The third-order valence-corrected chi connectivity index (χ3v) is 5.06. The van der Waals surface area contributed by atoms with E-state index in [0.29, 0.717) is 12.8 Å². The van der Waals surface area contributed by atoms with E-state index in [2.05, 4.69) is 15.6 Å². The number of nitrogens with zero attached hydrogens (tertiary/aromatic N) is 1. The minimum Gasteiger partial charge on any atom is -0.479 e. The lowest BCUT2D eigenvalue weighted by Gasteiger charge is -2.24. The standard InChI is InChI=1S/C17H33N6O7P/c1-3-10(2)13(18)15(25)22-11(6-4-8-21-17(19)20)14(24)23-12(16(26)27)7-5-9-31(28,29)30/h5,7,10-13H,3-4,6,8-9,18H2,1-2H3,(H,22,25)(H,23,24)(H,26,27)(H4,19,20,21)(H2,28,29,30)/b7-5-/t10?,11-,12-,13?/m0/s1. The van der Waals surface area contributed by atoms with E-state index in [4.69, 9.17) is 27.0 Å². The quantitative estimate of drug-likeness (QED) is 0.0471. The number of hydrogen-bond acceptors (Lipinski definition) is 6. The minimum absolute atomic E-state index is 0.0973. The Hall–Kier alpha value is -2.47. The third kappa shape index (κ3) is 12.7. The number of nitrogens with two attached hydrogens (primary N) is 3. The maximum absolute atomic E-state index is 12.6. The molecule has 11 N–H and O–H groups in total. The van der Waals surface area contributed by atoms with E-state index in [1.165, 1.54) is 0 Å². The first-order valence-corrected chi connectivity index (χ1v) is 11.4. The second-order valence-corrected chi connectivity index (χ2v) is 8.72. The predicted octanol–water partition coefficient (Wildman–Crippen LogP) is -1.80. The number of aliphatic imine (C=N–C) groups is 1. The average molecular weight is 464 g/mol. The van der Waals surface area contributed by atoms with Crippen LogP contribution in [0.4, 0.5) is 0 Å². The van der Waals surface area contributed by atoms with E-state index in [0.717, 1.165) is 12.2 Å². The Morgan fingerprint density at radius 2 is 1.77 bits per heavy atom. The van der Waals surface area contributed by atoms with Crippen molar-refractivity contribution in [2.45, 2.75) is 51.2 Å². The van der Waals surface area contributed by atoms with Crippen LogP contribution in [0.1, 0.15) is 33.1 Å². The van der Waals surface area contributed by atoms with Crippen LogP contribution in [0, 0.1) is 5.92 Å². The molecule has 2 unspecified atom stereocenters. The predicted molar refractivity (Wildman–Crippen MR) is 115 cm³/mol. The summed E-state index contributed by atoms with van der Waals surface area (Å²) < 4.78 is 10.9. The van der Waals surface area contributed by atoms with E-state index in [1.54, 1.807) is 6.92 Å². The summed E-state index contributed by atoms with van der Waals surface area (Å²) in [7, 11) is -4.37. The lowest BCUT2D eigenvalue weighted by atomic mass is 9.98. The number of nitrogens with one attached hydrogen (secondary N) is 2. The van der Waals surface area contributed by atoms with Gasteiger partial charge >= 0.3 is 13.6 Å². The molecule has 0 bridgehead atoms. The summed E-state index contributed by atoms with van der Waals surface area (Å²) in [4.78, 5) is 57.9. The number of hydrogen-bond donors (Lipinski definition) is 8. The molecule has 0 saturated carbocycles. The molecule has 0 rings (SSSR count). The Balaban J connectivity index is 5.33. The SMILES string of the molecule is CCC(C)C(N)C(=O)N[C@@H](CCCN=C(N)N)C(=O)N[C@@H](/C=C\CP(=O)(O)O)C(=O)O. The van der Waals surface area contributed by atoms with Crippen LogP contribution in [0.15, 0.2) is 17.1 Å². The Bertz CT molecular complexity index is 720. The van der Waals surface area contributed by atoms with E-state index in [1.807, 2.05) is 6.92 Å². The zero-order valence-electron chi connectivity index (χ0n) is 17.6. The zero-order chi connectivity index (χ0) is 24.2. The molecule has 2 amide bonds. The van der Waals surface area contributed by atoms with Gasteiger partial charge in [-0.25, -0.2) is 4.79 Å². The normalized spacial score (nSPS) is 15.5. The molecule has 0 fully saturated rings. The van der Waals surface area contributed by atoms with Crippen molar-refractivity contribution in [2.24, 2.45) is 28.1 Å². The molecule has 0 aliphatic heterocycles. The highest BCUT2D eigenvalue weighted by Crippen LogP contribution is 2.33. The number of rotatable bonds is 14. The fraction of sp³-hybridized carbons (Fsp3) is 0.647. The minimum atomic E-state index is -4.37. The van der Waals surface area contributed by atoms with E-state index < -0.39 is 49.7 Å². The summed E-state index contributed by atoms with van der Waals surface area (Å²) in [5, 5.41) is 14.0. The smallest absolute Gasteiger partial charge is 0.330 e. The molecule has 0 heterocycles. The second-order valence-electron chi connectivity index (χ2n) is 7.02. The molecular weight excluding hydrogens is 431 g/mol. The molecular formula is C17H33N6O7P. The molecule has 13 nitrogen and oxygen atoms in total. The molecule has 0 aromatic heterocycles. The summed E-state index contributed by atoms with van der Waals surface area (Å²) in [5.41, 5.74) is 16.4. The lowest BCUT2D eigenvalue weighted by Crippen LogP contribution is -2.55. The van der Waals surface area contributed by atoms with Crippen LogP contribution < -0.4 is 27.8 Å². The summed E-state index contributed by atoms with van der Waals surface area (Å²) in [6.07, 6.45) is 2.27. The van der Waals surface area contributed by atoms with Crippen molar-refractivity contribution in [3.8, 4) is 0 Å². The molecule has 0 radical (unpaired) electrons. The van der Waals surface area contributed by atoms with Gasteiger partial charge < -0.3 is 42.7 Å². The second kappa shape index (κ2) is 13.8. The summed E-state index contributed by atoms with van der Waals surface area (Å²) in [5.74, 6) is -3.10. The van der Waals surface area contributed by atoms with Crippen molar-refractivity contribution in [1.82, 2.24) is 10.6 Å². The van der Waals surface area contributed by atoms with Crippen molar-refractivity contribution < 1.29 is 33.8 Å². The van der Waals surface area contributed by atoms with Crippen LogP contribution in [0.2, 0.25) is 0 Å². The molecule has 0 spiro atoms. The monoisotopic (exact) mass is 464 g/mol. The highest BCUT2D eigenvalue weighted by atomic mass is 31.2. The highest BCUT2D eigenvalue weighted by Gasteiger charge is 2.28. The Kier molecular flexibility index (Phi) is 12.7. The average Bonchev–Trinajstić information content (AvgIpc) is 2.66. The van der Waals surface area contributed by atoms with Gasteiger partial charge in [-0.3, -0.25) is 19.1 Å². The Labute approximate surface area is 180 Å². The Morgan fingerprint density at radius 3 is 2.26 bits per heavy atom. The number of carbonyl (C=O) groups is 3. The Morgan fingerprint density at radius 1 is 1.16 bits per heavy atom. The molecule has 14 heteroatoms. The van der Waals surface area contributed by atoms with Gasteiger partial charge in [0.25, 0.3) is 0 Å². The van der Waals surface area contributed by atoms with Gasteiger partial charge in [0.1, 0.15) is 12.1 Å². The first-order valence-electron chi connectivity index (χ1n) is 9.64. The number of aliphatic carboxylic acids is 1. The number of carbonyl (C=O) groups excluding carboxylic acids is 2. The van der Waals surface area contributed by atoms with Crippen molar-refractivity contribution >= 4 is 31.3 Å². The number of guanidine groups is 1. The van der Waals surface area contributed by atoms with E-state index >= 15 is 0 Å². The molecule has 0 aromatic rings. The number of carboxylic acid groups (broad SMARTS) is 1. The van der Waals surface area contributed by atoms with Crippen LogP contribution in [0.25, 0.3) is 0 Å².